The summed E-state index contributed by atoms with van der Waals surface area (Å²) in [5.41, 5.74) is 1.17. The highest BCUT2D eigenvalue weighted by Crippen LogP contribution is 2.35. The number of halogens is 1. The molecular formula is C14H18BrN3O3. The fraction of sp³-hybridized carbons (Fsp3) is 0.500. The molecule has 1 saturated heterocycles. The molecule has 1 N–H and O–H groups in total. The summed E-state index contributed by atoms with van der Waals surface area (Å²) in [6.07, 6.45) is 1.68. The number of benzene rings is 1. The number of nitro benzene ring substituents is 1. The van der Waals surface area contributed by atoms with Gasteiger partial charge in [-0.25, -0.2) is 0 Å². The van der Waals surface area contributed by atoms with Gasteiger partial charge in [-0.15, -0.1) is 0 Å². The number of aryl methyl sites for hydroxylation is 1. The molecule has 0 aliphatic carbocycles. The molecule has 1 aliphatic heterocycles. The Morgan fingerprint density at radius 3 is 2.86 bits per heavy atom. The summed E-state index contributed by atoms with van der Waals surface area (Å²) in [5, 5.41) is 14.3. The zero-order chi connectivity index (χ0) is 15.6. The van der Waals surface area contributed by atoms with E-state index in [-0.39, 0.29) is 17.6 Å². The topological polar surface area (TPSA) is 75.5 Å². The molecule has 1 atom stereocenters. The van der Waals surface area contributed by atoms with Crippen LogP contribution in [0.4, 0.5) is 11.4 Å². The quantitative estimate of drug-likeness (QED) is 0.650. The molecule has 1 unspecified atom stereocenters. The van der Waals surface area contributed by atoms with Crippen LogP contribution in [0, 0.1) is 17.0 Å². The lowest BCUT2D eigenvalue weighted by Crippen LogP contribution is -2.38. The maximum atomic E-state index is 12.4. The van der Waals surface area contributed by atoms with Gasteiger partial charge in [-0.1, -0.05) is 6.92 Å². The summed E-state index contributed by atoms with van der Waals surface area (Å²) in [5.74, 6) is -0.0256. The highest BCUT2D eigenvalue weighted by atomic mass is 79.9. The molecule has 0 saturated carbocycles. The van der Waals surface area contributed by atoms with Crippen molar-refractivity contribution in [3.8, 4) is 0 Å². The van der Waals surface area contributed by atoms with Crippen LogP contribution in [-0.2, 0) is 4.79 Å². The van der Waals surface area contributed by atoms with E-state index < -0.39 is 4.92 Å². The van der Waals surface area contributed by atoms with Gasteiger partial charge < -0.3 is 10.2 Å². The third kappa shape index (κ3) is 3.24. The SMILES string of the molecule is CCCNC1CCN(c2cc([N+](=O)[O-])c(C)cc2Br)C1=O. The van der Waals surface area contributed by atoms with Gasteiger partial charge in [0.15, 0.2) is 0 Å². The van der Waals surface area contributed by atoms with Crippen LogP contribution < -0.4 is 10.2 Å². The Balaban J connectivity index is 2.28. The number of carbonyl (C=O) groups is 1. The van der Waals surface area contributed by atoms with Crippen LogP contribution in [-0.4, -0.2) is 30.0 Å². The molecule has 1 fully saturated rings. The van der Waals surface area contributed by atoms with Crippen molar-refractivity contribution in [2.75, 3.05) is 18.0 Å². The smallest absolute Gasteiger partial charge is 0.274 e. The number of hydrogen-bond acceptors (Lipinski definition) is 4. The zero-order valence-corrected chi connectivity index (χ0v) is 13.6. The molecule has 1 heterocycles. The van der Waals surface area contributed by atoms with Gasteiger partial charge in [0.25, 0.3) is 5.69 Å². The van der Waals surface area contributed by atoms with Crippen LogP contribution in [0.25, 0.3) is 0 Å². The fourth-order valence-corrected chi connectivity index (χ4v) is 3.15. The van der Waals surface area contributed by atoms with Crippen LogP contribution in [0.1, 0.15) is 25.3 Å². The maximum absolute atomic E-state index is 12.4. The summed E-state index contributed by atoms with van der Waals surface area (Å²) >= 11 is 3.40. The van der Waals surface area contributed by atoms with Gasteiger partial charge in [-0.3, -0.25) is 14.9 Å². The number of nitro groups is 1. The van der Waals surface area contributed by atoms with E-state index in [2.05, 4.69) is 21.2 Å². The molecule has 0 spiro atoms. The second-order valence-electron chi connectivity index (χ2n) is 5.13. The number of carbonyl (C=O) groups excluding carboxylic acids is 1. The normalized spacial score (nSPS) is 18.3. The molecule has 1 amide bonds. The molecular weight excluding hydrogens is 338 g/mol. The Hall–Kier alpha value is -1.47. The minimum absolute atomic E-state index is 0.0256. The van der Waals surface area contributed by atoms with Crippen molar-refractivity contribution in [2.45, 2.75) is 32.7 Å². The predicted octanol–water partition coefficient (Wildman–Crippen LogP) is 2.77. The van der Waals surface area contributed by atoms with Crippen molar-refractivity contribution in [3.63, 3.8) is 0 Å². The lowest BCUT2D eigenvalue weighted by Gasteiger charge is -2.19. The van der Waals surface area contributed by atoms with Crippen LogP contribution in [0.3, 0.4) is 0 Å². The number of rotatable bonds is 5. The largest absolute Gasteiger partial charge is 0.310 e. The highest BCUT2D eigenvalue weighted by Gasteiger charge is 2.33. The molecule has 1 aliphatic rings. The van der Waals surface area contributed by atoms with Crippen molar-refractivity contribution in [1.29, 1.82) is 0 Å². The first-order chi connectivity index (χ1) is 9.95. The standard InChI is InChI=1S/C14H18BrN3O3/c1-3-5-16-11-4-6-17(14(11)19)13-8-12(18(20)21)9(2)7-10(13)15/h7-8,11,16H,3-6H2,1-2H3. The number of nitrogens with zero attached hydrogens (tertiary/aromatic N) is 2. The minimum atomic E-state index is -0.418. The third-order valence-corrected chi connectivity index (χ3v) is 4.23. The first-order valence-corrected chi connectivity index (χ1v) is 7.74. The van der Waals surface area contributed by atoms with Gasteiger partial charge in [0.1, 0.15) is 0 Å². The lowest BCUT2D eigenvalue weighted by atomic mass is 10.1. The van der Waals surface area contributed by atoms with Crippen LogP contribution in [0.5, 0.6) is 0 Å². The summed E-state index contributed by atoms with van der Waals surface area (Å²) in [4.78, 5) is 24.7. The van der Waals surface area contributed by atoms with Gasteiger partial charge in [-0.05, 0) is 48.3 Å². The van der Waals surface area contributed by atoms with E-state index in [0.717, 1.165) is 13.0 Å². The Morgan fingerprint density at radius 1 is 1.52 bits per heavy atom. The number of anilines is 1. The third-order valence-electron chi connectivity index (χ3n) is 3.60. The van der Waals surface area contributed by atoms with Gasteiger partial charge in [0.05, 0.1) is 16.7 Å². The van der Waals surface area contributed by atoms with E-state index in [1.807, 2.05) is 6.92 Å². The Morgan fingerprint density at radius 2 is 2.24 bits per heavy atom. The fourth-order valence-electron chi connectivity index (χ4n) is 2.48. The number of nitrogens with one attached hydrogen (secondary N) is 1. The molecule has 0 aromatic heterocycles. The monoisotopic (exact) mass is 355 g/mol. The molecule has 21 heavy (non-hydrogen) atoms. The van der Waals surface area contributed by atoms with E-state index in [0.29, 0.717) is 28.7 Å². The van der Waals surface area contributed by atoms with Gasteiger partial charge in [-0.2, -0.15) is 0 Å². The molecule has 114 valence electrons. The first kappa shape index (κ1) is 15.9. The highest BCUT2D eigenvalue weighted by molar-refractivity contribution is 9.10. The molecule has 6 nitrogen and oxygen atoms in total. The summed E-state index contributed by atoms with van der Waals surface area (Å²) in [6.45, 7) is 5.09. The van der Waals surface area contributed by atoms with Gasteiger partial charge >= 0.3 is 0 Å². The molecule has 1 aromatic rings. The number of hydrogen-bond donors (Lipinski definition) is 1. The van der Waals surface area contributed by atoms with E-state index in [1.165, 1.54) is 6.07 Å². The van der Waals surface area contributed by atoms with E-state index in [1.54, 1.807) is 17.9 Å². The lowest BCUT2D eigenvalue weighted by molar-refractivity contribution is -0.385. The minimum Gasteiger partial charge on any atom is -0.310 e. The molecule has 0 radical (unpaired) electrons. The second-order valence-corrected chi connectivity index (χ2v) is 5.99. The molecule has 0 bridgehead atoms. The average molecular weight is 356 g/mol. The van der Waals surface area contributed by atoms with Crippen molar-refractivity contribution in [3.05, 3.63) is 32.3 Å². The zero-order valence-electron chi connectivity index (χ0n) is 12.1. The maximum Gasteiger partial charge on any atom is 0.274 e. The molecule has 1 aromatic carbocycles. The summed E-state index contributed by atoms with van der Waals surface area (Å²) in [6, 6.07) is 2.96. The van der Waals surface area contributed by atoms with Gasteiger partial charge in [0.2, 0.25) is 5.91 Å². The Labute approximate surface area is 131 Å². The Bertz CT molecular complexity index is 577. The summed E-state index contributed by atoms with van der Waals surface area (Å²) in [7, 11) is 0. The summed E-state index contributed by atoms with van der Waals surface area (Å²) < 4.78 is 0.704. The van der Waals surface area contributed by atoms with Crippen molar-refractivity contribution < 1.29 is 9.72 Å². The average Bonchev–Trinajstić information content (AvgIpc) is 2.77. The van der Waals surface area contributed by atoms with E-state index in [9.17, 15) is 14.9 Å². The van der Waals surface area contributed by atoms with Crippen LogP contribution >= 0.6 is 15.9 Å². The van der Waals surface area contributed by atoms with Gasteiger partial charge in [0, 0.05) is 22.6 Å². The number of amides is 1. The Kier molecular flexibility index (Phi) is 4.95. The van der Waals surface area contributed by atoms with Crippen LogP contribution in [0.2, 0.25) is 0 Å². The van der Waals surface area contributed by atoms with Crippen molar-refractivity contribution >= 4 is 33.2 Å². The first-order valence-electron chi connectivity index (χ1n) is 6.95. The second kappa shape index (κ2) is 6.53. The van der Waals surface area contributed by atoms with Crippen molar-refractivity contribution in [1.82, 2.24) is 5.32 Å². The van der Waals surface area contributed by atoms with Crippen LogP contribution in [0.15, 0.2) is 16.6 Å². The molecule has 7 heteroatoms. The van der Waals surface area contributed by atoms with E-state index >= 15 is 0 Å². The predicted molar refractivity (Wildman–Crippen MR) is 84.6 cm³/mol. The van der Waals surface area contributed by atoms with E-state index in [4.69, 9.17) is 0 Å². The molecule has 2 rings (SSSR count). The van der Waals surface area contributed by atoms with Crippen molar-refractivity contribution in [2.24, 2.45) is 0 Å².